The van der Waals surface area contributed by atoms with E-state index >= 15 is 0 Å². The maximum absolute atomic E-state index is 10.6. The molecule has 0 saturated carbocycles. The maximum atomic E-state index is 10.6. The number of rotatable bonds is 4. The molecule has 1 atom stereocenters. The number of aromatic nitrogens is 1. The van der Waals surface area contributed by atoms with Crippen molar-refractivity contribution in [2.24, 2.45) is 0 Å². The summed E-state index contributed by atoms with van der Waals surface area (Å²) in [5.74, 6) is 0. The molecule has 0 aromatic carbocycles. The zero-order valence-electron chi connectivity index (χ0n) is 7.97. The van der Waals surface area contributed by atoms with Gasteiger partial charge in [0, 0.05) is 19.4 Å². The van der Waals surface area contributed by atoms with Crippen LogP contribution in [0.25, 0.3) is 0 Å². The van der Waals surface area contributed by atoms with Gasteiger partial charge in [0.1, 0.15) is 0 Å². The van der Waals surface area contributed by atoms with Crippen molar-refractivity contribution in [1.29, 1.82) is 0 Å². The molecule has 3 heteroatoms. The Kier molecular flexibility index (Phi) is 3.43. The van der Waals surface area contributed by atoms with Gasteiger partial charge in [-0.25, -0.2) is 0 Å². The van der Waals surface area contributed by atoms with Gasteiger partial charge in [0.15, 0.2) is 0 Å². The molecular weight excluding hydrogens is 164 g/mol. The lowest BCUT2D eigenvalue weighted by atomic mass is 10.1. The number of hydrogen-bond acceptors (Lipinski definition) is 2. The summed E-state index contributed by atoms with van der Waals surface area (Å²) in [6.45, 7) is 2.05. The molecule has 1 aromatic rings. The van der Waals surface area contributed by atoms with Gasteiger partial charge >= 0.3 is 0 Å². The topological polar surface area (TPSA) is 33.2 Å². The Morgan fingerprint density at radius 1 is 1.69 bits per heavy atom. The molecule has 0 radical (unpaired) electrons. The van der Waals surface area contributed by atoms with Crippen molar-refractivity contribution in [2.75, 3.05) is 7.05 Å². The van der Waals surface area contributed by atoms with Gasteiger partial charge in [0.05, 0.1) is 6.04 Å². The first-order valence-electron chi connectivity index (χ1n) is 4.36. The minimum Gasteiger partial charge on any atom is -0.341 e. The van der Waals surface area contributed by atoms with Crippen LogP contribution in [0.15, 0.2) is 24.5 Å². The number of pyridine rings is 1. The molecule has 0 unspecified atom stereocenters. The van der Waals surface area contributed by atoms with E-state index in [1.54, 1.807) is 24.3 Å². The third-order valence-electron chi connectivity index (χ3n) is 2.11. The summed E-state index contributed by atoms with van der Waals surface area (Å²) in [6.07, 6.45) is 5.29. The predicted molar refractivity (Wildman–Crippen MR) is 51.1 cm³/mol. The summed E-state index contributed by atoms with van der Waals surface area (Å²) < 4.78 is 0. The first-order chi connectivity index (χ1) is 6.29. The van der Waals surface area contributed by atoms with Crippen LogP contribution < -0.4 is 0 Å². The largest absolute Gasteiger partial charge is 0.341 e. The van der Waals surface area contributed by atoms with Crippen LogP contribution in [0.3, 0.4) is 0 Å². The number of amides is 1. The molecule has 13 heavy (non-hydrogen) atoms. The van der Waals surface area contributed by atoms with Crippen LogP contribution >= 0.6 is 0 Å². The smallest absolute Gasteiger partial charge is 0.209 e. The van der Waals surface area contributed by atoms with E-state index in [0.717, 1.165) is 18.4 Å². The van der Waals surface area contributed by atoms with Crippen LogP contribution in [-0.2, 0) is 4.79 Å². The highest BCUT2D eigenvalue weighted by atomic mass is 16.1. The first-order valence-corrected chi connectivity index (χ1v) is 4.36. The van der Waals surface area contributed by atoms with E-state index in [9.17, 15) is 4.79 Å². The lowest BCUT2D eigenvalue weighted by molar-refractivity contribution is -0.119. The molecular formula is C10H14N2O. The minimum absolute atomic E-state index is 0.145. The van der Waals surface area contributed by atoms with Crippen molar-refractivity contribution in [2.45, 2.75) is 19.4 Å². The molecule has 1 amide bonds. The van der Waals surface area contributed by atoms with Gasteiger partial charge in [-0.1, -0.05) is 13.0 Å². The second-order valence-electron chi connectivity index (χ2n) is 2.98. The van der Waals surface area contributed by atoms with Gasteiger partial charge < -0.3 is 4.90 Å². The standard InChI is InChI=1S/C10H14N2O/c1-3-10(12(2)8-13)9-5-4-6-11-7-9/h4-8,10H,3H2,1-2H3/t10-/m0/s1. The van der Waals surface area contributed by atoms with Crippen molar-refractivity contribution >= 4 is 6.41 Å². The zero-order valence-corrected chi connectivity index (χ0v) is 7.97. The summed E-state index contributed by atoms with van der Waals surface area (Å²) in [7, 11) is 1.79. The summed E-state index contributed by atoms with van der Waals surface area (Å²) in [6, 6.07) is 4.02. The third kappa shape index (κ3) is 2.28. The Bertz CT molecular complexity index is 261. The fourth-order valence-electron chi connectivity index (χ4n) is 1.41. The van der Waals surface area contributed by atoms with E-state index in [0.29, 0.717) is 0 Å². The van der Waals surface area contributed by atoms with Crippen LogP contribution in [0.1, 0.15) is 24.9 Å². The predicted octanol–water partition coefficient (Wildman–Crippen LogP) is 1.62. The minimum atomic E-state index is 0.145. The van der Waals surface area contributed by atoms with Crippen molar-refractivity contribution < 1.29 is 4.79 Å². The Morgan fingerprint density at radius 3 is 2.92 bits per heavy atom. The van der Waals surface area contributed by atoms with Gasteiger partial charge in [-0.3, -0.25) is 9.78 Å². The molecule has 0 aliphatic rings. The van der Waals surface area contributed by atoms with Crippen LogP contribution in [0.4, 0.5) is 0 Å². The number of carbonyl (C=O) groups is 1. The Balaban J connectivity index is 2.84. The fourth-order valence-corrected chi connectivity index (χ4v) is 1.41. The third-order valence-corrected chi connectivity index (χ3v) is 2.11. The Hall–Kier alpha value is -1.38. The molecule has 0 saturated heterocycles. The fraction of sp³-hybridized carbons (Fsp3) is 0.400. The maximum Gasteiger partial charge on any atom is 0.209 e. The summed E-state index contributed by atoms with van der Waals surface area (Å²) in [5, 5.41) is 0. The quantitative estimate of drug-likeness (QED) is 0.656. The molecule has 0 fully saturated rings. The second kappa shape index (κ2) is 4.60. The second-order valence-corrected chi connectivity index (χ2v) is 2.98. The van der Waals surface area contributed by atoms with Crippen molar-refractivity contribution in [3.05, 3.63) is 30.1 Å². The monoisotopic (exact) mass is 178 g/mol. The van der Waals surface area contributed by atoms with Crippen molar-refractivity contribution in [3.63, 3.8) is 0 Å². The van der Waals surface area contributed by atoms with E-state index in [2.05, 4.69) is 11.9 Å². The van der Waals surface area contributed by atoms with E-state index in [4.69, 9.17) is 0 Å². The van der Waals surface area contributed by atoms with Gasteiger partial charge in [-0.15, -0.1) is 0 Å². The highest BCUT2D eigenvalue weighted by Gasteiger charge is 2.12. The lowest BCUT2D eigenvalue weighted by Crippen LogP contribution is -2.22. The SMILES string of the molecule is CC[C@@H](c1cccnc1)N(C)C=O. The Labute approximate surface area is 78.4 Å². The normalized spacial score (nSPS) is 12.2. The molecule has 0 bridgehead atoms. The number of hydrogen-bond donors (Lipinski definition) is 0. The first kappa shape index (κ1) is 9.71. The molecule has 0 aliphatic carbocycles. The summed E-state index contributed by atoms with van der Waals surface area (Å²) in [5.41, 5.74) is 1.08. The highest BCUT2D eigenvalue weighted by Crippen LogP contribution is 2.19. The molecule has 0 spiro atoms. The van der Waals surface area contributed by atoms with Crippen LogP contribution in [-0.4, -0.2) is 23.3 Å². The van der Waals surface area contributed by atoms with E-state index in [1.165, 1.54) is 0 Å². The molecule has 0 N–H and O–H groups in total. The van der Waals surface area contributed by atoms with E-state index in [-0.39, 0.29) is 6.04 Å². The van der Waals surface area contributed by atoms with Gasteiger partial charge in [-0.2, -0.15) is 0 Å². The lowest BCUT2D eigenvalue weighted by Gasteiger charge is -2.22. The van der Waals surface area contributed by atoms with Crippen LogP contribution in [0.5, 0.6) is 0 Å². The molecule has 70 valence electrons. The molecule has 1 rings (SSSR count). The van der Waals surface area contributed by atoms with Gasteiger partial charge in [0.2, 0.25) is 6.41 Å². The van der Waals surface area contributed by atoms with Crippen molar-refractivity contribution in [1.82, 2.24) is 9.88 Å². The van der Waals surface area contributed by atoms with Gasteiger partial charge in [-0.05, 0) is 18.1 Å². The molecule has 3 nitrogen and oxygen atoms in total. The average molecular weight is 178 g/mol. The molecule has 1 aromatic heterocycles. The zero-order chi connectivity index (χ0) is 9.68. The average Bonchev–Trinajstić information content (AvgIpc) is 2.20. The summed E-state index contributed by atoms with van der Waals surface area (Å²) in [4.78, 5) is 16.3. The van der Waals surface area contributed by atoms with Crippen LogP contribution in [0.2, 0.25) is 0 Å². The van der Waals surface area contributed by atoms with E-state index < -0.39 is 0 Å². The Morgan fingerprint density at radius 2 is 2.46 bits per heavy atom. The van der Waals surface area contributed by atoms with Crippen LogP contribution in [0, 0.1) is 0 Å². The van der Waals surface area contributed by atoms with E-state index in [1.807, 2.05) is 12.1 Å². The highest BCUT2D eigenvalue weighted by molar-refractivity contribution is 5.47. The summed E-state index contributed by atoms with van der Waals surface area (Å²) >= 11 is 0. The molecule has 1 heterocycles. The molecule has 0 aliphatic heterocycles. The van der Waals surface area contributed by atoms with Gasteiger partial charge in [0.25, 0.3) is 0 Å². The number of carbonyl (C=O) groups excluding carboxylic acids is 1. The van der Waals surface area contributed by atoms with Crippen molar-refractivity contribution in [3.8, 4) is 0 Å². The number of nitrogens with zero attached hydrogens (tertiary/aromatic N) is 2.